The van der Waals surface area contributed by atoms with Gasteiger partial charge in [0.15, 0.2) is 0 Å². The summed E-state index contributed by atoms with van der Waals surface area (Å²) in [6, 6.07) is 0. The summed E-state index contributed by atoms with van der Waals surface area (Å²) in [7, 11) is 0. The molecule has 0 heterocycles. The van der Waals surface area contributed by atoms with Crippen LogP contribution in [0.15, 0.2) is 11.3 Å². The number of carbonyl (C=O) groups is 1. The Morgan fingerprint density at radius 2 is 1.71 bits per heavy atom. The highest BCUT2D eigenvalue weighted by atomic mass is 16.1. The van der Waals surface area contributed by atoms with Crippen LogP contribution in [-0.4, -0.2) is 6.29 Å². The first kappa shape index (κ1) is 13.2. The molecule has 82 valence electrons. The van der Waals surface area contributed by atoms with Crippen LogP contribution in [0, 0.1) is 0 Å². The molecule has 0 aromatic rings. The van der Waals surface area contributed by atoms with Crippen LogP contribution in [0.2, 0.25) is 0 Å². The molecular weight excluding hydrogens is 174 g/mol. The second kappa shape index (κ2) is 8.79. The molecule has 0 atom stereocenters. The fourth-order valence-corrected chi connectivity index (χ4v) is 1.39. The summed E-state index contributed by atoms with van der Waals surface area (Å²) >= 11 is 0. The lowest BCUT2D eigenvalue weighted by molar-refractivity contribution is -0.105. The standard InChI is InChI=1S/C12H23NO/c1-3-5-7-8-11(10-14)12(13)9-6-4-2/h10H,3-9,13H2,1-2H3. The van der Waals surface area contributed by atoms with Crippen LogP contribution in [0.1, 0.15) is 58.8 Å². The highest BCUT2D eigenvalue weighted by Crippen LogP contribution is 2.12. The van der Waals surface area contributed by atoms with Gasteiger partial charge in [-0.15, -0.1) is 0 Å². The van der Waals surface area contributed by atoms with Crippen LogP contribution in [0.25, 0.3) is 0 Å². The van der Waals surface area contributed by atoms with Gasteiger partial charge in [-0.25, -0.2) is 0 Å². The second-order valence-corrected chi connectivity index (χ2v) is 3.73. The summed E-state index contributed by atoms with van der Waals surface area (Å²) in [6.07, 6.45) is 8.31. The predicted octanol–water partition coefficient (Wildman–Crippen LogP) is 3.17. The Labute approximate surface area is 87.6 Å². The maximum Gasteiger partial charge on any atom is 0.147 e. The average Bonchev–Trinajstić information content (AvgIpc) is 2.21. The van der Waals surface area contributed by atoms with Crippen molar-refractivity contribution < 1.29 is 4.79 Å². The molecule has 0 aliphatic carbocycles. The Morgan fingerprint density at radius 3 is 2.21 bits per heavy atom. The van der Waals surface area contributed by atoms with Crippen molar-refractivity contribution in [3.05, 3.63) is 11.3 Å². The molecule has 0 saturated heterocycles. The lowest BCUT2D eigenvalue weighted by Gasteiger charge is -2.05. The highest BCUT2D eigenvalue weighted by Gasteiger charge is 2.01. The maximum absolute atomic E-state index is 10.8. The molecule has 0 aromatic carbocycles. The minimum absolute atomic E-state index is 0.804. The molecule has 0 rings (SSSR count). The van der Waals surface area contributed by atoms with Crippen molar-refractivity contribution in [2.75, 3.05) is 0 Å². The van der Waals surface area contributed by atoms with Crippen molar-refractivity contribution >= 4 is 6.29 Å². The van der Waals surface area contributed by atoms with Gasteiger partial charge in [-0.2, -0.15) is 0 Å². The molecule has 0 radical (unpaired) electrons. The quantitative estimate of drug-likeness (QED) is 0.369. The molecule has 0 unspecified atom stereocenters. The third-order valence-corrected chi connectivity index (χ3v) is 2.40. The average molecular weight is 197 g/mol. The smallest absolute Gasteiger partial charge is 0.147 e. The third kappa shape index (κ3) is 5.79. The minimum atomic E-state index is 0.804. The first-order valence-corrected chi connectivity index (χ1v) is 5.68. The van der Waals surface area contributed by atoms with Gasteiger partial charge in [-0.3, -0.25) is 4.79 Å². The van der Waals surface area contributed by atoms with E-state index in [0.29, 0.717) is 0 Å². The van der Waals surface area contributed by atoms with Gasteiger partial charge in [-0.05, 0) is 25.7 Å². The molecule has 0 spiro atoms. The van der Waals surface area contributed by atoms with Gasteiger partial charge in [0.1, 0.15) is 6.29 Å². The Kier molecular flexibility index (Phi) is 8.30. The van der Waals surface area contributed by atoms with Crippen molar-refractivity contribution in [2.45, 2.75) is 58.8 Å². The number of hydrogen-bond acceptors (Lipinski definition) is 2. The first-order valence-electron chi connectivity index (χ1n) is 5.68. The van der Waals surface area contributed by atoms with E-state index in [1.54, 1.807) is 0 Å². The van der Waals surface area contributed by atoms with Crippen molar-refractivity contribution in [1.29, 1.82) is 0 Å². The predicted molar refractivity (Wildman–Crippen MR) is 60.9 cm³/mol. The Hall–Kier alpha value is -0.790. The van der Waals surface area contributed by atoms with Gasteiger partial charge in [0.2, 0.25) is 0 Å². The summed E-state index contributed by atoms with van der Waals surface area (Å²) in [4.78, 5) is 10.8. The Balaban J connectivity index is 3.99. The minimum Gasteiger partial charge on any atom is -0.402 e. The molecule has 0 fully saturated rings. The van der Waals surface area contributed by atoms with Crippen LogP contribution in [-0.2, 0) is 4.79 Å². The van der Waals surface area contributed by atoms with E-state index in [-0.39, 0.29) is 0 Å². The van der Waals surface area contributed by atoms with E-state index in [1.165, 1.54) is 12.8 Å². The Bertz CT molecular complexity index is 185. The second-order valence-electron chi connectivity index (χ2n) is 3.73. The van der Waals surface area contributed by atoms with E-state index in [0.717, 1.165) is 49.7 Å². The molecule has 2 nitrogen and oxygen atoms in total. The van der Waals surface area contributed by atoms with Gasteiger partial charge < -0.3 is 5.73 Å². The summed E-state index contributed by atoms with van der Waals surface area (Å²) in [5.74, 6) is 0. The molecule has 2 N–H and O–H groups in total. The van der Waals surface area contributed by atoms with E-state index in [1.807, 2.05) is 0 Å². The van der Waals surface area contributed by atoms with Crippen molar-refractivity contribution in [1.82, 2.24) is 0 Å². The van der Waals surface area contributed by atoms with E-state index < -0.39 is 0 Å². The molecule has 0 aliphatic heterocycles. The number of nitrogens with two attached hydrogens (primary N) is 1. The summed E-state index contributed by atoms with van der Waals surface area (Å²) in [5.41, 5.74) is 7.47. The van der Waals surface area contributed by atoms with Gasteiger partial charge in [0.25, 0.3) is 0 Å². The number of rotatable bonds is 8. The molecule has 0 aliphatic rings. The number of aldehydes is 1. The van der Waals surface area contributed by atoms with Crippen LogP contribution in [0.3, 0.4) is 0 Å². The number of hydrogen-bond donors (Lipinski definition) is 1. The van der Waals surface area contributed by atoms with Crippen LogP contribution < -0.4 is 5.73 Å². The van der Waals surface area contributed by atoms with E-state index in [4.69, 9.17) is 5.73 Å². The molecule has 2 heteroatoms. The zero-order valence-corrected chi connectivity index (χ0v) is 9.51. The normalized spacial score (nSPS) is 12.4. The molecule has 14 heavy (non-hydrogen) atoms. The lowest BCUT2D eigenvalue weighted by Crippen LogP contribution is -2.04. The van der Waals surface area contributed by atoms with E-state index >= 15 is 0 Å². The van der Waals surface area contributed by atoms with Crippen LogP contribution in [0.5, 0.6) is 0 Å². The fourth-order valence-electron chi connectivity index (χ4n) is 1.39. The molecule has 0 saturated carbocycles. The molecule has 0 bridgehead atoms. The number of carbonyl (C=O) groups excluding carboxylic acids is 1. The van der Waals surface area contributed by atoms with Crippen LogP contribution in [0.4, 0.5) is 0 Å². The molecule has 0 aromatic heterocycles. The summed E-state index contributed by atoms with van der Waals surface area (Å²) in [5, 5.41) is 0. The SMILES string of the molecule is CCCCCC(C=O)=C(N)CCCC. The summed E-state index contributed by atoms with van der Waals surface area (Å²) < 4.78 is 0. The van der Waals surface area contributed by atoms with E-state index in [9.17, 15) is 4.79 Å². The summed E-state index contributed by atoms with van der Waals surface area (Å²) in [6.45, 7) is 4.29. The van der Waals surface area contributed by atoms with Gasteiger partial charge in [0.05, 0.1) is 0 Å². The monoisotopic (exact) mass is 197 g/mol. The largest absolute Gasteiger partial charge is 0.402 e. The van der Waals surface area contributed by atoms with Gasteiger partial charge in [-0.1, -0.05) is 33.1 Å². The zero-order chi connectivity index (χ0) is 10.8. The van der Waals surface area contributed by atoms with Crippen molar-refractivity contribution in [2.24, 2.45) is 5.73 Å². The maximum atomic E-state index is 10.8. The van der Waals surface area contributed by atoms with Gasteiger partial charge in [0, 0.05) is 11.3 Å². The topological polar surface area (TPSA) is 43.1 Å². The first-order chi connectivity index (χ1) is 6.76. The van der Waals surface area contributed by atoms with Crippen LogP contribution >= 0.6 is 0 Å². The van der Waals surface area contributed by atoms with Crippen molar-refractivity contribution in [3.63, 3.8) is 0 Å². The zero-order valence-electron chi connectivity index (χ0n) is 9.51. The third-order valence-electron chi connectivity index (χ3n) is 2.40. The Morgan fingerprint density at radius 1 is 1.07 bits per heavy atom. The fraction of sp³-hybridized carbons (Fsp3) is 0.750. The molecular formula is C12H23NO. The number of allylic oxidation sites excluding steroid dienone is 2. The molecule has 0 amide bonds. The highest BCUT2D eigenvalue weighted by molar-refractivity contribution is 5.74. The number of unbranched alkanes of at least 4 members (excludes halogenated alkanes) is 3. The van der Waals surface area contributed by atoms with Crippen molar-refractivity contribution in [3.8, 4) is 0 Å². The lowest BCUT2D eigenvalue weighted by atomic mass is 10.0. The van der Waals surface area contributed by atoms with Gasteiger partial charge >= 0.3 is 0 Å². The van der Waals surface area contributed by atoms with E-state index in [2.05, 4.69) is 13.8 Å².